The summed E-state index contributed by atoms with van der Waals surface area (Å²) in [5, 5.41) is 2.76. The molecule has 0 aromatic heterocycles. The lowest BCUT2D eigenvalue weighted by Crippen LogP contribution is -2.42. The highest BCUT2D eigenvalue weighted by atomic mass is 32.2. The number of esters is 2. The Morgan fingerprint density at radius 1 is 0.862 bits per heavy atom. The van der Waals surface area contributed by atoms with E-state index in [-0.39, 0.29) is 10.5 Å². The molecule has 1 saturated heterocycles. The van der Waals surface area contributed by atoms with Gasteiger partial charge in [0, 0.05) is 31.4 Å². The van der Waals surface area contributed by atoms with Crippen LogP contribution in [-0.2, 0) is 29.1 Å². The van der Waals surface area contributed by atoms with Gasteiger partial charge in [-0.1, -0.05) is 17.7 Å². The topological polar surface area (TPSA) is 111 Å². The molecular weight excluding hydrogens is 396 g/mol. The van der Waals surface area contributed by atoms with E-state index in [1.807, 2.05) is 6.92 Å². The molecule has 0 atom stereocenters. The zero-order valence-corrected chi connectivity index (χ0v) is 16.9. The lowest BCUT2D eigenvalue weighted by atomic mass is 10.2. The van der Waals surface area contributed by atoms with Crippen molar-refractivity contribution < 1.29 is 27.5 Å². The third-order valence-corrected chi connectivity index (χ3v) is 5.37. The number of nitrogens with one attached hydrogen (secondary N) is 2. The predicted molar refractivity (Wildman–Crippen MR) is 106 cm³/mol. The molecule has 0 aliphatic carbocycles. The van der Waals surface area contributed by atoms with Crippen molar-refractivity contribution in [3.05, 3.63) is 65.9 Å². The van der Waals surface area contributed by atoms with E-state index in [0.29, 0.717) is 11.4 Å². The molecule has 0 bridgehead atoms. The number of sulfonamides is 1. The van der Waals surface area contributed by atoms with Gasteiger partial charge in [-0.05, 0) is 43.3 Å². The van der Waals surface area contributed by atoms with Crippen LogP contribution in [0.25, 0.3) is 0 Å². The molecule has 0 unspecified atom stereocenters. The van der Waals surface area contributed by atoms with Crippen molar-refractivity contribution in [1.82, 2.24) is 0 Å². The number of hydrogen-bond acceptors (Lipinski definition) is 7. The second-order valence-corrected chi connectivity index (χ2v) is 8.56. The van der Waals surface area contributed by atoms with Crippen LogP contribution in [0.4, 0.5) is 11.4 Å². The molecule has 2 N–H and O–H groups in total. The molecule has 1 fully saturated rings. The van der Waals surface area contributed by atoms with E-state index < -0.39 is 27.7 Å². The summed E-state index contributed by atoms with van der Waals surface area (Å²) in [6.07, 6.45) is 1.16. The zero-order valence-electron chi connectivity index (χ0n) is 16.1. The summed E-state index contributed by atoms with van der Waals surface area (Å²) < 4.78 is 37.5. The quantitative estimate of drug-likeness (QED) is 0.438. The Hall–Kier alpha value is -3.33. The molecule has 9 heteroatoms. The SMILES string of the molecule is Cc1ccc(NS(=O)(=O)c2ccc(NC=C3C(=O)OC(C)(C)OC3=O)cc2)cc1. The second kappa shape index (κ2) is 7.59. The molecule has 1 aliphatic rings. The van der Waals surface area contributed by atoms with Crippen LogP contribution >= 0.6 is 0 Å². The highest BCUT2D eigenvalue weighted by Crippen LogP contribution is 2.23. The number of benzene rings is 2. The monoisotopic (exact) mass is 416 g/mol. The Bertz CT molecular complexity index is 1050. The van der Waals surface area contributed by atoms with Crippen LogP contribution in [0.2, 0.25) is 0 Å². The van der Waals surface area contributed by atoms with Crippen LogP contribution in [0.15, 0.2) is 65.2 Å². The Labute approximate surface area is 168 Å². The van der Waals surface area contributed by atoms with Crippen molar-refractivity contribution in [3.8, 4) is 0 Å². The van der Waals surface area contributed by atoms with Crippen LogP contribution in [0.5, 0.6) is 0 Å². The van der Waals surface area contributed by atoms with Gasteiger partial charge in [-0.3, -0.25) is 4.72 Å². The Balaban J connectivity index is 1.71. The van der Waals surface area contributed by atoms with Gasteiger partial charge in [0.05, 0.1) is 4.90 Å². The fourth-order valence-corrected chi connectivity index (χ4v) is 3.56. The van der Waals surface area contributed by atoms with E-state index in [2.05, 4.69) is 10.0 Å². The van der Waals surface area contributed by atoms with Gasteiger partial charge in [-0.15, -0.1) is 0 Å². The summed E-state index contributed by atoms with van der Waals surface area (Å²) in [7, 11) is -3.75. The molecule has 1 heterocycles. The van der Waals surface area contributed by atoms with Gasteiger partial charge in [0.25, 0.3) is 15.8 Å². The van der Waals surface area contributed by atoms with Gasteiger partial charge in [0.1, 0.15) is 0 Å². The Morgan fingerprint density at radius 2 is 1.38 bits per heavy atom. The number of carbonyl (C=O) groups excluding carboxylic acids is 2. The highest BCUT2D eigenvalue weighted by molar-refractivity contribution is 7.92. The molecule has 29 heavy (non-hydrogen) atoms. The maximum absolute atomic E-state index is 12.5. The van der Waals surface area contributed by atoms with E-state index in [4.69, 9.17) is 9.47 Å². The predicted octanol–water partition coefficient (Wildman–Crippen LogP) is 2.93. The highest BCUT2D eigenvalue weighted by Gasteiger charge is 2.38. The van der Waals surface area contributed by atoms with Crippen LogP contribution < -0.4 is 10.0 Å². The number of aryl methyl sites for hydroxylation is 1. The molecule has 0 radical (unpaired) electrons. The van der Waals surface area contributed by atoms with Gasteiger partial charge in [-0.25, -0.2) is 18.0 Å². The summed E-state index contributed by atoms with van der Waals surface area (Å²) >= 11 is 0. The smallest absolute Gasteiger partial charge is 0.350 e. The van der Waals surface area contributed by atoms with Gasteiger partial charge >= 0.3 is 11.9 Å². The first-order valence-corrected chi connectivity index (χ1v) is 10.2. The number of ether oxygens (including phenoxy) is 2. The average Bonchev–Trinajstić information content (AvgIpc) is 2.62. The van der Waals surface area contributed by atoms with Crippen molar-refractivity contribution in [3.63, 3.8) is 0 Å². The van der Waals surface area contributed by atoms with E-state index in [1.54, 1.807) is 24.3 Å². The minimum Gasteiger partial charge on any atom is -0.419 e. The summed E-state index contributed by atoms with van der Waals surface area (Å²) in [4.78, 5) is 23.9. The standard InChI is InChI=1S/C20H20N2O6S/c1-13-4-6-15(7-5-13)22-29(25,26)16-10-8-14(9-11-16)21-12-17-18(23)27-20(2,3)28-19(17)24/h4-12,21-22H,1-3H3. The molecule has 0 amide bonds. The van der Waals surface area contributed by atoms with Crippen molar-refractivity contribution in [1.29, 1.82) is 0 Å². The molecule has 8 nitrogen and oxygen atoms in total. The molecule has 0 saturated carbocycles. The zero-order chi connectivity index (χ0) is 21.2. The Kier molecular flexibility index (Phi) is 5.34. The number of rotatable bonds is 5. The van der Waals surface area contributed by atoms with Gasteiger partial charge in [0.2, 0.25) is 0 Å². The second-order valence-electron chi connectivity index (χ2n) is 6.88. The van der Waals surface area contributed by atoms with Gasteiger partial charge in [-0.2, -0.15) is 0 Å². The first-order valence-electron chi connectivity index (χ1n) is 8.69. The molecule has 3 rings (SSSR count). The molecule has 2 aromatic rings. The van der Waals surface area contributed by atoms with E-state index in [1.165, 1.54) is 38.1 Å². The van der Waals surface area contributed by atoms with Crippen LogP contribution in [0, 0.1) is 6.92 Å². The van der Waals surface area contributed by atoms with E-state index in [9.17, 15) is 18.0 Å². The van der Waals surface area contributed by atoms with Crippen molar-refractivity contribution in [2.24, 2.45) is 0 Å². The fourth-order valence-electron chi connectivity index (χ4n) is 2.50. The molecule has 0 spiro atoms. The average molecular weight is 416 g/mol. The third-order valence-electron chi connectivity index (χ3n) is 3.97. The van der Waals surface area contributed by atoms with Crippen LogP contribution in [0.1, 0.15) is 19.4 Å². The summed E-state index contributed by atoms with van der Waals surface area (Å²) in [5.74, 6) is -2.92. The van der Waals surface area contributed by atoms with Crippen molar-refractivity contribution in [2.75, 3.05) is 10.0 Å². The number of anilines is 2. The largest absolute Gasteiger partial charge is 0.419 e. The van der Waals surface area contributed by atoms with Crippen molar-refractivity contribution in [2.45, 2.75) is 31.5 Å². The summed E-state index contributed by atoms with van der Waals surface area (Å²) in [6, 6.07) is 12.8. The summed E-state index contributed by atoms with van der Waals surface area (Å²) in [5.41, 5.74) is 1.66. The first-order chi connectivity index (χ1) is 13.6. The normalized spacial score (nSPS) is 15.9. The first kappa shape index (κ1) is 20.4. The van der Waals surface area contributed by atoms with Gasteiger partial charge < -0.3 is 14.8 Å². The molecule has 2 aromatic carbocycles. The number of cyclic esters (lactones) is 2. The Morgan fingerprint density at radius 3 is 1.93 bits per heavy atom. The molecular formula is C20H20N2O6S. The van der Waals surface area contributed by atoms with Crippen molar-refractivity contribution >= 4 is 33.3 Å². The summed E-state index contributed by atoms with van der Waals surface area (Å²) in [6.45, 7) is 4.82. The maximum Gasteiger partial charge on any atom is 0.350 e. The third kappa shape index (κ3) is 4.94. The van der Waals surface area contributed by atoms with Gasteiger partial charge in [0.15, 0.2) is 5.57 Å². The number of hydrogen-bond donors (Lipinski definition) is 2. The number of carbonyl (C=O) groups is 2. The van der Waals surface area contributed by atoms with E-state index in [0.717, 1.165) is 11.8 Å². The molecule has 152 valence electrons. The maximum atomic E-state index is 12.5. The molecule has 1 aliphatic heterocycles. The lowest BCUT2D eigenvalue weighted by molar-refractivity contribution is -0.222. The van der Waals surface area contributed by atoms with Crippen LogP contribution in [0.3, 0.4) is 0 Å². The minimum absolute atomic E-state index is 0.0644. The fraction of sp³-hybridized carbons (Fsp3) is 0.200. The minimum atomic E-state index is -3.75. The van der Waals surface area contributed by atoms with E-state index >= 15 is 0 Å². The van der Waals surface area contributed by atoms with Crippen LogP contribution in [-0.4, -0.2) is 26.1 Å². The lowest BCUT2D eigenvalue weighted by Gasteiger charge is -2.29.